The number of carbonyl (C=O) groups is 1. The molecule has 7 heteroatoms. The van der Waals surface area contributed by atoms with Gasteiger partial charge >= 0.3 is 12.2 Å². The lowest BCUT2D eigenvalue weighted by molar-refractivity contribution is -0.137. The van der Waals surface area contributed by atoms with E-state index in [4.69, 9.17) is 5.73 Å². The predicted molar refractivity (Wildman–Crippen MR) is 56.3 cm³/mol. The molecule has 0 fully saturated rings. The summed E-state index contributed by atoms with van der Waals surface area (Å²) in [6.07, 6.45) is -4.42. The van der Waals surface area contributed by atoms with Gasteiger partial charge in [-0.15, -0.1) is 0 Å². The molecule has 17 heavy (non-hydrogen) atoms. The van der Waals surface area contributed by atoms with Crippen molar-refractivity contribution in [2.24, 2.45) is 5.73 Å². The Morgan fingerprint density at radius 2 is 1.94 bits per heavy atom. The van der Waals surface area contributed by atoms with E-state index in [0.29, 0.717) is 0 Å². The van der Waals surface area contributed by atoms with Crippen LogP contribution in [0.4, 0.5) is 18.0 Å². The number of amides is 2. The monoisotopic (exact) mass is 245 g/mol. The first-order chi connectivity index (χ1) is 7.80. The van der Waals surface area contributed by atoms with Gasteiger partial charge in [0.2, 0.25) is 0 Å². The van der Waals surface area contributed by atoms with Crippen LogP contribution in [0.15, 0.2) is 30.8 Å². The summed E-state index contributed by atoms with van der Waals surface area (Å²) in [5, 5.41) is 0. The molecule has 92 valence electrons. The van der Waals surface area contributed by atoms with Gasteiger partial charge in [-0.25, -0.2) is 4.79 Å². The van der Waals surface area contributed by atoms with Crippen LogP contribution < -0.4 is 16.6 Å². The molecular weight excluding hydrogens is 235 g/mol. The van der Waals surface area contributed by atoms with Crippen LogP contribution in [0.1, 0.15) is 11.1 Å². The number of nitrogens with one attached hydrogen (secondary N) is 2. The molecule has 1 rings (SSSR count). The van der Waals surface area contributed by atoms with Crippen LogP contribution in [-0.2, 0) is 6.18 Å². The zero-order chi connectivity index (χ0) is 13.1. The molecule has 0 heterocycles. The Labute approximate surface area is 95.3 Å². The van der Waals surface area contributed by atoms with Crippen LogP contribution >= 0.6 is 0 Å². The first kappa shape index (κ1) is 12.9. The second kappa shape index (κ2) is 4.77. The maximum Gasteiger partial charge on any atom is 0.416 e. The van der Waals surface area contributed by atoms with Crippen molar-refractivity contribution in [3.05, 3.63) is 42.0 Å². The molecule has 0 saturated heterocycles. The molecule has 4 nitrogen and oxygen atoms in total. The molecule has 0 aliphatic rings. The number of nitrogens with two attached hydrogens (primary N) is 1. The predicted octanol–water partition coefficient (Wildman–Crippen LogP) is 1.85. The van der Waals surface area contributed by atoms with Crippen LogP contribution in [-0.4, -0.2) is 6.03 Å². The van der Waals surface area contributed by atoms with Crippen LogP contribution in [0.5, 0.6) is 0 Å². The van der Waals surface area contributed by atoms with Crippen molar-refractivity contribution < 1.29 is 18.0 Å². The number of halogens is 3. The molecule has 0 atom stereocenters. The Bertz CT molecular complexity index is 443. The van der Waals surface area contributed by atoms with Crippen LogP contribution in [0.3, 0.4) is 0 Å². The van der Waals surface area contributed by atoms with E-state index in [0.717, 1.165) is 12.1 Å². The fourth-order valence-electron chi connectivity index (χ4n) is 1.09. The van der Waals surface area contributed by atoms with Gasteiger partial charge in [-0.1, -0.05) is 18.7 Å². The molecule has 4 N–H and O–H groups in total. The minimum absolute atomic E-state index is 0.106. The number of alkyl halides is 3. The Morgan fingerprint density at radius 1 is 1.29 bits per heavy atom. The lowest BCUT2D eigenvalue weighted by Gasteiger charge is -2.12. The Balaban J connectivity index is 2.85. The number of primary amides is 1. The van der Waals surface area contributed by atoms with E-state index in [-0.39, 0.29) is 11.3 Å². The molecule has 0 bridgehead atoms. The maximum atomic E-state index is 12.4. The summed E-state index contributed by atoms with van der Waals surface area (Å²) >= 11 is 0. The zero-order valence-corrected chi connectivity index (χ0v) is 8.64. The number of urea groups is 1. The van der Waals surface area contributed by atoms with Crippen LogP contribution in [0, 0.1) is 0 Å². The van der Waals surface area contributed by atoms with Gasteiger partial charge in [0.05, 0.1) is 11.3 Å². The molecule has 0 aromatic heterocycles. The minimum Gasteiger partial charge on any atom is -0.350 e. The molecule has 1 aromatic rings. The summed E-state index contributed by atoms with van der Waals surface area (Å²) in [5.41, 5.74) is 8.60. The number of hydrogen-bond acceptors (Lipinski definition) is 2. The summed E-state index contributed by atoms with van der Waals surface area (Å²) in [6.45, 7) is 3.47. The van der Waals surface area contributed by atoms with Crippen molar-refractivity contribution >= 4 is 11.7 Å². The third-order valence-corrected chi connectivity index (χ3v) is 1.87. The van der Waals surface area contributed by atoms with Crippen molar-refractivity contribution in [2.45, 2.75) is 6.18 Å². The van der Waals surface area contributed by atoms with Gasteiger partial charge in [0.15, 0.2) is 0 Å². The van der Waals surface area contributed by atoms with Crippen molar-refractivity contribution in [1.29, 1.82) is 0 Å². The van der Waals surface area contributed by atoms with Gasteiger partial charge in [-0.2, -0.15) is 13.2 Å². The molecule has 0 aliphatic heterocycles. The fourth-order valence-corrected chi connectivity index (χ4v) is 1.09. The van der Waals surface area contributed by atoms with Gasteiger partial charge in [0, 0.05) is 0 Å². The van der Waals surface area contributed by atoms with Crippen molar-refractivity contribution in [3.63, 3.8) is 0 Å². The zero-order valence-electron chi connectivity index (χ0n) is 8.64. The summed E-state index contributed by atoms with van der Waals surface area (Å²) in [5.74, 6) is 0. The van der Waals surface area contributed by atoms with E-state index in [1.165, 1.54) is 12.1 Å². The van der Waals surface area contributed by atoms with Crippen molar-refractivity contribution in [3.8, 4) is 0 Å². The van der Waals surface area contributed by atoms with Gasteiger partial charge < -0.3 is 5.73 Å². The SMILES string of the molecule is C=C(NNC(N)=O)c1cccc(C(F)(F)F)c1. The highest BCUT2D eigenvalue weighted by atomic mass is 19.4. The van der Waals surface area contributed by atoms with E-state index in [9.17, 15) is 18.0 Å². The number of rotatable bonds is 3. The number of benzene rings is 1. The number of hydrazine groups is 1. The molecule has 0 spiro atoms. The molecule has 1 aromatic carbocycles. The summed E-state index contributed by atoms with van der Waals surface area (Å²) in [7, 11) is 0. The third kappa shape index (κ3) is 3.71. The summed E-state index contributed by atoms with van der Waals surface area (Å²) in [6, 6.07) is 3.66. The molecule has 2 amide bonds. The molecule has 0 radical (unpaired) electrons. The smallest absolute Gasteiger partial charge is 0.350 e. The minimum atomic E-state index is -4.42. The second-order valence-electron chi connectivity index (χ2n) is 3.17. The lowest BCUT2D eigenvalue weighted by atomic mass is 10.1. The quantitative estimate of drug-likeness (QED) is 0.711. The highest BCUT2D eigenvalue weighted by molar-refractivity contribution is 5.73. The van der Waals surface area contributed by atoms with E-state index in [1.807, 2.05) is 5.43 Å². The highest BCUT2D eigenvalue weighted by Gasteiger charge is 2.30. The van der Waals surface area contributed by atoms with E-state index in [2.05, 4.69) is 12.0 Å². The Hall–Kier alpha value is -2.18. The van der Waals surface area contributed by atoms with Crippen LogP contribution in [0.25, 0.3) is 5.70 Å². The van der Waals surface area contributed by atoms with E-state index < -0.39 is 17.8 Å². The molecule has 0 unspecified atom stereocenters. The number of carbonyl (C=O) groups excluding carboxylic acids is 1. The molecule has 0 aliphatic carbocycles. The maximum absolute atomic E-state index is 12.4. The topological polar surface area (TPSA) is 67.2 Å². The first-order valence-electron chi connectivity index (χ1n) is 4.48. The van der Waals surface area contributed by atoms with E-state index in [1.54, 1.807) is 0 Å². The summed E-state index contributed by atoms with van der Waals surface area (Å²) < 4.78 is 37.2. The summed E-state index contributed by atoms with van der Waals surface area (Å²) in [4.78, 5) is 10.4. The van der Waals surface area contributed by atoms with Crippen molar-refractivity contribution in [2.75, 3.05) is 0 Å². The van der Waals surface area contributed by atoms with Gasteiger partial charge in [0.1, 0.15) is 0 Å². The van der Waals surface area contributed by atoms with Gasteiger partial charge in [-0.05, 0) is 17.7 Å². The number of hydrogen-bond donors (Lipinski definition) is 3. The lowest BCUT2D eigenvalue weighted by Crippen LogP contribution is -2.39. The first-order valence-corrected chi connectivity index (χ1v) is 4.48. The van der Waals surface area contributed by atoms with Crippen molar-refractivity contribution in [1.82, 2.24) is 10.9 Å². The average molecular weight is 245 g/mol. The van der Waals surface area contributed by atoms with Gasteiger partial charge in [-0.3, -0.25) is 10.9 Å². The van der Waals surface area contributed by atoms with Crippen LogP contribution in [0.2, 0.25) is 0 Å². The highest BCUT2D eigenvalue weighted by Crippen LogP contribution is 2.30. The second-order valence-corrected chi connectivity index (χ2v) is 3.17. The normalized spacial score (nSPS) is 10.8. The largest absolute Gasteiger partial charge is 0.416 e. The third-order valence-electron chi connectivity index (χ3n) is 1.87. The fraction of sp³-hybridized carbons (Fsp3) is 0.100. The molecular formula is C10H10F3N3O. The average Bonchev–Trinajstić information content (AvgIpc) is 2.25. The van der Waals surface area contributed by atoms with Gasteiger partial charge in [0.25, 0.3) is 0 Å². The Morgan fingerprint density at radius 3 is 2.47 bits per heavy atom. The molecule has 0 saturated carbocycles. The van der Waals surface area contributed by atoms with E-state index >= 15 is 0 Å². The standard InChI is InChI=1S/C10H10F3N3O/c1-6(15-16-9(14)17)7-3-2-4-8(5-7)10(11,12)13/h2-5,15H,1H2,(H3,14,16,17). The Kier molecular flexibility index (Phi) is 3.62.